The molecule has 35 heavy (non-hydrogen) atoms. The molecular weight excluding hydrogens is 473 g/mol. The molecule has 2 aromatic carbocycles. The summed E-state index contributed by atoms with van der Waals surface area (Å²) in [6.45, 7) is 2.96. The van der Waals surface area contributed by atoms with Gasteiger partial charge in [0.15, 0.2) is 0 Å². The maximum atomic E-state index is 13.8. The Bertz CT molecular complexity index is 1230. The Balaban J connectivity index is 1.21. The van der Waals surface area contributed by atoms with Gasteiger partial charge >= 0.3 is 0 Å². The summed E-state index contributed by atoms with van der Waals surface area (Å²) in [5.74, 6) is 0.699. The minimum absolute atomic E-state index is 0.00745. The average molecular weight is 498 g/mol. The van der Waals surface area contributed by atoms with Crippen molar-refractivity contribution < 1.29 is 18.4 Å². The van der Waals surface area contributed by atoms with E-state index in [1.165, 1.54) is 12.1 Å². The largest absolute Gasteiger partial charge is 0.494 e. The van der Waals surface area contributed by atoms with Crippen LogP contribution < -0.4 is 10.2 Å². The van der Waals surface area contributed by atoms with E-state index in [0.29, 0.717) is 18.6 Å². The molecule has 1 N–H and O–H groups in total. The van der Waals surface area contributed by atoms with E-state index in [1.54, 1.807) is 17.2 Å². The van der Waals surface area contributed by atoms with E-state index in [0.717, 1.165) is 24.2 Å². The number of amides is 1. The molecule has 0 spiro atoms. The Hall–Kier alpha value is -3.43. The van der Waals surface area contributed by atoms with Crippen LogP contribution >= 0.6 is 11.6 Å². The molecule has 2 aliphatic rings. The lowest BCUT2D eigenvalue weighted by Gasteiger charge is -2.30. The first kappa shape index (κ1) is 23.3. The average Bonchev–Trinajstić information content (AvgIpc) is 3.51. The molecule has 3 aromatic rings. The predicted molar refractivity (Wildman–Crippen MR) is 127 cm³/mol. The molecule has 0 aliphatic carbocycles. The molecule has 1 aromatic heterocycles. The van der Waals surface area contributed by atoms with E-state index in [-0.39, 0.29) is 41.3 Å². The summed E-state index contributed by atoms with van der Waals surface area (Å²) in [6, 6.07) is 11.9. The Morgan fingerprint density at radius 1 is 1.23 bits per heavy atom. The number of carbonyl (C=O) groups is 1. The van der Waals surface area contributed by atoms with Gasteiger partial charge in [-0.3, -0.25) is 4.79 Å². The zero-order chi connectivity index (χ0) is 24.4. The Morgan fingerprint density at radius 3 is 2.83 bits per heavy atom. The van der Waals surface area contributed by atoms with Crippen LogP contribution in [0.2, 0.25) is 5.02 Å². The number of hydrogen-bond donors (Lipinski definition) is 1. The number of nitrogens with one attached hydrogen (secondary N) is 1. The fraction of sp³-hybridized carbons (Fsp3) is 0.320. The van der Waals surface area contributed by atoms with Crippen molar-refractivity contribution in [1.29, 1.82) is 0 Å². The van der Waals surface area contributed by atoms with Crippen LogP contribution in [0.3, 0.4) is 0 Å². The van der Waals surface area contributed by atoms with Gasteiger partial charge in [-0.25, -0.2) is 9.82 Å². The van der Waals surface area contributed by atoms with Gasteiger partial charge in [-0.15, -0.1) is 0 Å². The smallest absolute Gasteiger partial charge is 0.251 e. The second-order valence-electron chi connectivity index (χ2n) is 8.52. The molecule has 0 saturated carbocycles. The lowest BCUT2D eigenvalue weighted by atomic mass is 10.0. The van der Waals surface area contributed by atoms with Crippen molar-refractivity contribution in [2.24, 2.45) is 0 Å². The van der Waals surface area contributed by atoms with Crippen LogP contribution in [0.5, 0.6) is 5.75 Å². The molecule has 3 heterocycles. The molecule has 1 saturated heterocycles. The highest BCUT2D eigenvalue weighted by atomic mass is 35.5. The molecule has 182 valence electrons. The molecule has 5 rings (SSSR count). The molecule has 2 aliphatic heterocycles. The van der Waals surface area contributed by atoms with Crippen LogP contribution in [0.25, 0.3) is 11.4 Å². The summed E-state index contributed by atoms with van der Waals surface area (Å²) < 4.78 is 24.8. The number of fused-ring (bicyclic) bond motifs is 1. The Kier molecular flexibility index (Phi) is 6.70. The summed E-state index contributed by atoms with van der Waals surface area (Å²) in [4.78, 5) is 19.0. The fourth-order valence-electron chi connectivity index (χ4n) is 4.13. The highest BCUT2D eigenvalue weighted by Gasteiger charge is 2.40. The van der Waals surface area contributed by atoms with Gasteiger partial charge in [-0.1, -0.05) is 42.2 Å². The number of aromatic nitrogens is 2. The third-order valence-corrected chi connectivity index (χ3v) is 6.38. The summed E-state index contributed by atoms with van der Waals surface area (Å²) in [5, 5.41) is 5.76. The number of unbranched alkanes of at least 4 members (excludes halogenated alkanes) is 1. The lowest BCUT2D eigenvalue weighted by Crippen LogP contribution is -2.47. The summed E-state index contributed by atoms with van der Waals surface area (Å²) in [6.07, 6.45) is 6.26. The second kappa shape index (κ2) is 10.1. The van der Waals surface area contributed by atoms with Crippen molar-refractivity contribution in [1.82, 2.24) is 25.5 Å². The van der Waals surface area contributed by atoms with E-state index in [9.17, 15) is 9.18 Å². The van der Waals surface area contributed by atoms with Crippen molar-refractivity contribution >= 4 is 17.5 Å². The fourth-order valence-corrected chi connectivity index (χ4v) is 4.25. The minimum atomic E-state index is -0.563. The molecule has 10 heteroatoms. The van der Waals surface area contributed by atoms with Gasteiger partial charge in [0.2, 0.25) is 11.7 Å². The van der Waals surface area contributed by atoms with E-state index in [1.807, 2.05) is 35.5 Å². The highest BCUT2D eigenvalue weighted by molar-refractivity contribution is 6.30. The molecule has 8 nitrogen and oxygen atoms in total. The highest BCUT2D eigenvalue weighted by Crippen LogP contribution is 2.32. The SMILES string of the molecule is CCCCOc1ccc(C2CC3C(=O)N(Cc4nc(-c5ccc(Cl)c(F)c5)no4)C=CN3N2)cc1. The van der Waals surface area contributed by atoms with Crippen LogP contribution in [-0.2, 0) is 11.3 Å². The number of carbonyl (C=O) groups excluding carboxylic acids is 1. The Labute approximate surface area is 207 Å². The van der Waals surface area contributed by atoms with Gasteiger partial charge in [0.05, 0.1) is 17.7 Å². The van der Waals surface area contributed by atoms with E-state index < -0.39 is 5.82 Å². The van der Waals surface area contributed by atoms with Gasteiger partial charge in [-0.05, 0) is 48.7 Å². The van der Waals surface area contributed by atoms with Crippen LogP contribution in [0.4, 0.5) is 4.39 Å². The van der Waals surface area contributed by atoms with Crippen LogP contribution in [0.1, 0.15) is 43.7 Å². The molecule has 1 fully saturated rings. The molecular formula is C25H25ClFN5O3. The molecule has 2 atom stereocenters. The molecule has 0 bridgehead atoms. The summed E-state index contributed by atoms with van der Waals surface area (Å²) >= 11 is 5.74. The van der Waals surface area contributed by atoms with E-state index in [4.69, 9.17) is 20.9 Å². The molecule has 1 amide bonds. The zero-order valence-electron chi connectivity index (χ0n) is 19.2. The quantitative estimate of drug-likeness (QED) is 0.446. The first-order chi connectivity index (χ1) is 17.0. The number of hydrogen-bond acceptors (Lipinski definition) is 7. The van der Waals surface area contributed by atoms with Gasteiger partial charge in [0.25, 0.3) is 5.91 Å². The maximum absolute atomic E-state index is 13.8. The number of halogens is 2. The minimum Gasteiger partial charge on any atom is -0.494 e. The second-order valence-corrected chi connectivity index (χ2v) is 8.92. The summed E-state index contributed by atoms with van der Waals surface area (Å²) in [7, 11) is 0. The Morgan fingerprint density at radius 2 is 2.06 bits per heavy atom. The predicted octanol–water partition coefficient (Wildman–Crippen LogP) is 4.84. The van der Waals surface area contributed by atoms with Gasteiger partial charge in [0.1, 0.15) is 24.2 Å². The topological polar surface area (TPSA) is 83.7 Å². The molecule has 0 radical (unpaired) electrons. The number of benzene rings is 2. The van der Waals surface area contributed by atoms with Crippen molar-refractivity contribution in [2.75, 3.05) is 6.61 Å². The first-order valence-electron chi connectivity index (χ1n) is 11.6. The van der Waals surface area contributed by atoms with Crippen molar-refractivity contribution in [3.63, 3.8) is 0 Å². The van der Waals surface area contributed by atoms with Gasteiger partial charge < -0.3 is 19.2 Å². The standard InChI is InChI=1S/C25H25ClFN5O3/c1-2-3-12-34-18-7-4-16(5-8-18)21-14-22-25(33)31(10-11-32(22)29-21)15-23-28-24(30-35-23)17-6-9-19(26)20(27)13-17/h4-11,13,21-22,29H,2-3,12,14-15H2,1H3. The monoisotopic (exact) mass is 497 g/mol. The van der Waals surface area contributed by atoms with E-state index >= 15 is 0 Å². The summed E-state index contributed by atoms with van der Waals surface area (Å²) in [5.41, 5.74) is 4.92. The number of rotatable bonds is 8. The number of ether oxygens (including phenoxy) is 1. The lowest BCUT2D eigenvalue weighted by molar-refractivity contribution is -0.135. The number of hydrazine groups is 1. The molecule has 2 unspecified atom stereocenters. The van der Waals surface area contributed by atoms with Crippen LogP contribution in [0.15, 0.2) is 59.4 Å². The van der Waals surface area contributed by atoms with Crippen molar-refractivity contribution in [3.8, 4) is 17.1 Å². The first-order valence-corrected chi connectivity index (χ1v) is 11.9. The number of nitrogens with zero attached hydrogens (tertiary/aromatic N) is 4. The van der Waals surface area contributed by atoms with Gasteiger partial charge in [-0.2, -0.15) is 4.98 Å². The van der Waals surface area contributed by atoms with Gasteiger partial charge in [0, 0.05) is 18.0 Å². The van der Waals surface area contributed by atoms with Crippen LogP contribution in [0, 0.1) is 5.82 Å². The normalized spacial score (nSPS) is 19.3. The zero-order valence-corrected chi connectivity index (χ0v) is 19.9. The third kappa shape index (κ3) is 5.01. The van der Waals surface area contributed by atoms with Crippen molar-refractivity contribution in [2.45, 2.75) is 44.8 Å². The maximum Gasteiger partial charge on any atom is 0.251 e. The van der Waals surface area contributed by atoms with Crippen molar-refractivity contribution in [3.05, 3.63) is 77.2 Å². The van der Waals surface area contributed by atoms with Crippen LogP contribution in [-0.4, -0.2) is 38.6 Å². The van der Waals surface area contributed by atoms with E-state index in [2.05, 4.69) is 22.5 Å². The third-order valence-electron chi connectivity index (χ3n) is 6.08.